The molecule has 0 aliphatic carbocycles. The molecule has 0 spiro atoms. The Labute approximate surface area is 136 Å². The largest absolute Gasteiger partial charge is 0.489 e. The van der Waals surface area contributed by atoms with Crippen molar-refractivity contribution in [3.8, 4) is 11.8 Å². The van der Waals surface area contributed by atoms with Gasteiger partial charge in [-0.05, 0) is 23.3 Å². The predicted octanol–water partition coefficient (Wildman–Crippen LogP) is 3.16. The fraction of sp³-hybridized carbons (Fsp3) is 0.316. The van der Waals surface area contributed by atoms with Crippen LogP contribution in [0.1, 0.15) is 17.2 Å². The highest BCUT2D eigenvalue weighted by Crippen LogP contribution is 2.23. The molecule has 4 heteroatoms. The molecule has 0 bridgehead atoms. The van der Waals surface area contributed by atoms with E-state index in [1.807, 2.05) is 54.6 Å². The summed E-state index contributed by atoms with van der Waals surface area (Å²) in [5.74, 6) is 0.816. The summed E-state index contributed by atoms with van der Waals surface area (Å²) in [4.78, 5) is 2.16. The van der Waals surface area contributed by atoms with Gasteiger partial charge in [0.2, 0.25) is 0 Å². The van der Waals surface area contributed by atoms with Crippen molar-refractivity contribution in [1.29, 1.82) is 5.26 Å². The van der Waals surface area contributed by atoms with Crippen molar-refractivity contribution < 1.29 is 9.47 Å². The van der Waals surface area contributed by atoms with Crippen LogP contribution in [0.5, 0.6) is 5.75 Å². The van der Waals surface area contributed by atoms with E-state index in [2.05, 4.69) is 11.0 Å². The molecule has 0 amide bonds. The van der Waals surface area contributed by atoms with Crippen LogP contribution in [-0.4, -0.2) is 31.2 Å². The van der Waals surface area contributed by atoms with E-state index in [-0.39, 0.29) is 6.04 Å². The van der Waals surface area contributed by atoms with Crippen LogP contribution in [0.25, 0.3) is 0 Å². The second kappa shape index (κ2) is 7.77. The van der Waals surface area contributed by atoms with E-state index in [0.717, 1.165) is 30.0 Å². The van der Waals surface area contributed by atoms with Gasteiger partial charge in [-0.2, -0.15) is 5.26 Å². The minimum Gasteiger partial charge on any atom is -0.489 e. The number of hydrogen-bond donors (Lipinski definition) is 0. The van der Waals surface area contributed by atoms with Crippen LogP contribution in [-0.2, 0) is 11.3 Å². The maximum absolute atomic E-state index is 9.49. The van der Waals surface area contributed by atoms with Crippen LogP contribution in [0, 0.1) is 11.3 Å². The number of hydrogen-bond acceptors (Lipinski definition) is 4. The predicted molar refractivity (Wildman–Crippen MR) is 88.0 cm³/mol. The molecule has 1 saturated heterocycles. The van der Waals surface area contributed by atoms with E-state index in [9.17, 15) is 5.26 Å². The van der Waals surface area contributed by atoms with Crippen LogP contribution < -0.4 is 4.74 Å². The topological polar surface area (TPSA) is 45.5 Å². The van der Waals surface area contributed by atoms with Crippen molar-refractivity contribution in [3.05, 3.63) is 65.7 Å². The van der Waals surface area contributed by atoms with E-state index in [1.54, 1.807) is 0 Å². The average molecular weight is 308 g/mol. The molecule has 0 N–H and O–H groups in total. The maximum Gasteiger partial charge on any atom is 0.124 e. The summed E-state index contributed by atoms with van der Waals surface area (Å²) >= 11 is 0. The molecule has 1 unspecified atom stereocenters. The lowest BCUT2D eigenvalue weighted by Crippen LogP contribution is -2.38. The van der Waals surface area contributed by atoms with Gasteiger partial charge in [0.15, 0.2) is 0 Å². The van der Waals surface area contributed by atoms with Crippen molar-refractivity contribution in [2.45, 2.75) is 12.6 Å². The lowest BCUT2D eigenvalue weighted by Gasteiger charge is -2.30. The van der Waals surface area contributed by atoms with Gasteiger partial charge in [-0.25, -0.2) is 0 Å². The lowest BCUT2D eigenvalue weighted by molar-refractivity contribution is 0.0266. The molecular weight excluding hydrogens is 288 g/mol. The van der Waals surface area contributed by atoms with Gasteiger partial charge in [0, 0.05) is 13.1 Å². The third-order valence-electron chi connectivity index (χ3n) is 3.98. The number of nitrogens with zero attached hydrogens (tertiary/aromatic N) is 2. The number of rotatable bonds is 5. The highest BCUT2D eigenvalue weighted by Gasteiger charge is 2.22. The Morgan fingerprint density at radius 3 is 2.39 bits per heavy atom. The van der Waals surface area contributed by atoms with Gasteiger partial charge in [-0.1, -0.05) is 42.5 Å². The molecule has 1 atom stereocenters. The molecule has 0 saturated carbocycles. The quantitative estimate of drug-likeness (QED) is 0.851. The van der Waals surface area contributed by atoms with E-state index < -0.39 is 0 Å². The van der Waals surface area contributed by atoms with E-state index >= 15 is 0 Å². The van der Waals surface area contributed by atoms with Crippen LogP contribution in [0.3, 0.4) is 0 Å². The Morgan fingerprint density at radius 2 is 1.74 bits per heavy atom. The van der Waals surface area contributed by atoms with Crippen molar-refractivity contribution >= 4 is 0 Å². The molecule has 23 heavy (non-hydrogen) atoms. The maximum atomic E-state index is 9.49. The number of ether oxygens (including phenoxy) is 2. The van der Waals surface area contributed by atoms with Gasteiger partial charge in [0.1, 0.15) is 18.4 Å². The SMILES string of the molecule is N#CC(c1ccc(OCc2ccccc2)cc1)N1CCOCC1. The third kappa shape index (κ3) is 4.10. The second-order valence-corrected chi connectivity index (χ2v) is 5.52. The Hall–Kier alpha value is -2.35. The molecular formula is C19H20N2O2. The summed E-state index contributed by atoms with van der Waals surface area (Å²) in [5.41, 5.74) is 2.14. The van der Waals surface area contributed by atoms with Gasteiger partial charge in [-0.15, -0.1) is 0 Å². The normalized spacial score (nSPS) is 16.5. The summed E-state index contributed by atoms with van der Waals surface area (Å²) in [7, 11) is 0. The van der Waals surface area contributed by atoms with Crippen molar-refractivity contribution in [2.24, 2.45) is 0 Å². The van der Waals surface area contributed by atoms with Gasteiger partial charge >= 0.3 is 0 Å². The number of nitriles is 1. The summed E-state index contributed by atoms with van der Waals surface area (Å²) < 4.78 is 11.1. The van der Waals surface area contributed by atoms with Crippen LogP contribution in [0.2, 0.25) is 0 Å². The molecule has 2 aromatic carbocycles. The van der Waals surface area contributed by atoms with Crippen molar-refractivity contribution in [3.63, 3.8) is 0 Å². The van der Waals surface area contributed by atoms with Crippen LogP contribution in [0.15, 0.2) is 54.6 Å². The second-order valence-electron chi connectivity index (χ2n) is 5.52. The highest BCUT2D eigenvalue weighted by molar-refractivity contribution is 5.32. The molecule has 1 fully saturated rings. The first kappa shape index (κ1) is 15.5. The number of benzene rings is 2. The zero-order valence-electron chi connectivity index (χ0n) is 13.0. The third-order valence-corrected chi connectivity index (χ3v) is 3.98. The first-order chi connectivity index (χ1) is 11.4. The number of morpholine rings is 1. The first-order valence-electron chi connectivity index (χ1n) is 7.85. The Morgan fingerprint density at radius 1 is 1.04 bits per heavy atom. The molecule has 1 aliphatic rings. The molecule has 0 radical (unpaired) electrons. The fourth-order valence-electron chi connectivity index (χ4n) is 2.69. The lowest BCUT2D eigenvalue weighted by atomic mass is 10.1. The highest BCUT2D eigenvalue weighted by atomic mass is 16.5. The summed E-state index contributed by atoms with van der Waals surface area (Å²) in [5, 5.41) is 9.49. The Bertz CT molecular complexity index is 643. The molecule has 1 heterocycles. The summed E-state index contributed by atoms with van der Waals surface area (Å²) in [6.45, 7) is 3.52. The van der Waals surface area contributed by atoms with E-state index in [4.69, 9.17) is 9.47 Å². The molecule has 118 valence electrons. The zero-order valence-corrected chi connectivity index (χ0v) is 13.0. The first-order valence-corrected chi connectivity index (χ1v) is 7.85. The molecule has 3 rings (SSSR count). The smallest absolute Gasteiger partial charge is 0.124 e. The minimum atomic E-state index is -0.220. The van der Waals surface area contributed by atoms with Gasteiger partial charge in [0.25, 0.3) is 0 Å². The van der Waals surface area contributed by atoms with Crippen molar-refractivity contribution in [2.75, 3.05) is 26.3 Å². The molecule has 4 nitrogen and oxygen atoms in total. The summed E-state index contributed by atoms with van der Waals surface area (Å²) in [6, 6.07) is 20.1. The zero-order chi connectivity index (χ0) is 15.9. The Balaban J connectivity index is 1.62. The molecule has 0 aromatic heterocycles. The molecule has 2 aromatic rings. The van der Waals surface area contributed by atoms with Crippen LogP contribution >= 0.6 is 0 Å². The van der Waals surface area contributed by atoms with E-state index in [0.29, 0.717) is 19.8 Å². The van der Waals surface area contributed by atoms with Gasteiger partial charge in [-0.3, -0.25) is 4.90 Å². The summed E-state index contributed by atoms with van der Waals surface area (Å²) in [6.07, 6.45) is 0. The van der Waals surface area contributed by atoms with Crippen molar-refractivity contribution in [1.82, 2.24) is 4.90 Å². The average Bonchev–Trinajstić information content (AvgIpc) is 2.63. The monoisotopic (exact) mass is 308 g/mol. The minimum absolute atomic E-state index is 0.220. The van der Waals surface area contributed by atoms with Gasteiger partial charge in [0.05, 0.1) is 19.3 Å². The van der Waals surface area contributed by atoms with Crippen LogP contribution in [0.4, 0.5) is 0 Å². The Kier molecular flexibility index (Phi) is 5.25. The van der Waals surface area contributed by atoms with Gasteiger partial charge < -0.3 is 9.47 Å². The van der Waals surface area contributed by atoms with E-state index in [1.165, 1.54) is 0 Å². The fourth-order valence-corrected chi connectivity index (χ4v) is 2.69. The standard InChI is InChI=1S/C19H20N2O2/c20-14-19(21-10-12-22-13-11-21)17-6-8-18(9-7-17)23-15-16-4-2-1-3-5-16/h1-9,19H,10-13,15H2. The molecule has 1 aliphatic heterocycles.